The van der Waals surface area contributed by atoms with Crippen LogP contribution in [0, 0.1) is 12.8 Å². The van der Waals surface area contributed by atoms with Crippen LogP contribution in [-0.4, -0.2) is 0 Å². The van der Waals surface area contributed by atoms with E-state index < -0.39 is 0 Å². The van der Waals surface area contributed by atoms with Crippen LogP contribution in [0.3, 0.4) is 0 Å². The van der Waals surface area contributed by atoms with E-state index in [4.69, 9.17) is 0 Å². The van der Waals surface area contributed by atoms with Gasteiger partial charge in [-0.25, -0.2) is 0 Å². The summed E-state index contributed by atoms with van der Waals surface area (Å²) in [5, 5.41) is 0. The van der Waals surface area contributed by atoms with Crippen LogP contribution in [0.2, 0.25) is 0 Å². The van der Waals surface area contributed by atoms with Gasteiger partial charge in [-0.05, 0) is 31.6 Å². The molecule has 1 radical (unpaired) electrons. The Labute approximate surface area is 135 Å². The zero-order valence-electron chi connectivity index (χ0n) is 15.0. The van der Waals surface area contributed by atoms with Crippen LogP contribution in [-0.2, 0) is 0 Å². The molecule has 0 aliphatic heterocycles. The van der Waals surface area contributed by atoms with E-state index in [0.29, 0.717) is 5.92 Å². The number of unbranched alkanes of at least 4 members (excludes halogenated alkanes) is 12. The molecule has 0 rings (SSSR count). The Bertz CT molecular complexity index is 202. The molecular formula is C21H41. The van der Waals surface area contributed by atoms with Crippen molar-refractivity contribution in [1.29, 1.82) is 0 Å². The third-order valence-electron chi connectivity index (χ3n) is 4.21. The van der Waals surface area contributed by atoms with Gasteiger partial charge in [-0.1, -0.05) is 104 Å². The summed E-state index contributed by atoms with van der Waals surface area (Å²) in [5.41, 5.74) is 0. The zero-order valence-corrected chi connectivity index (χ0v) is 15.0. The second kappa shape index (κ2) is 17.8. The average Bonchev–Trinajstić information content (AvgIpc) is 2.46. The van der Waals surface area contributed by atoms with Crippen LogP contribution in [0.1, 0.15) is 110 Å². The lowest BCUT2D eigenvalue weighted by atomic mass is 10.0. The first kappa shape index (κ1) is 20.7. The van der Waals surface area contributed by atoms with E-state index in [9.17, 15) is 0 Å². The van der Waals surface area contributed by atoms with E-state index in [-0.39, 0.29) is 0 Å². The van der Waals surface area contributed by atoms with E-state index in [1.807, 2.05) is 0 Å². The monoisotopic (exact) mass is 293 g/mol. The van der Waals surface area contributed by atoms with Gasteiger partial charge in [0.1, 0.15) is 0 Å². The Kier molecular flexibility index (Phi) is 17.6. The summed E-state index contributed by atoms with van der Waals surface area (Å²) < 4.78 is 0. The number of hydrogen-bond donors (Lipinski definition) is 0. The van der Waals surface area contributed by atoms with Gasteiger partial charge in [0.05, 0.1) is 0 Å². The van der Waals surface area contributed by atoms with E-state index in [1.54, 1.807) is 0 Å². The summed E-state index contributed by atoms with van der Waals surface area (Å²) in [5.74, 6) is 0.641. The van der Waals surface area contributed by atoms with Crippen LogP contribution < -0.4 is 0 Å². The van der Waals surface area contributed by atoms with Crippen molar-refractivity contribution < 1.29 is 0 Å². The molecule has 0 bridgehead atoms. The lowest BCUT2D eigenvalue weighted by molar-refractivity contribution is 0.538. The number of hydrogen-bond acceptors (Lipinski definition) is 0. The fourth-order valence-electron chi connectivity index (χ4n) is 2.74. The Hall–Kier alpha value is -0.260. The summed E-state index contributed by atoms with van der Waals surface area (Å²) in [7, 11) is 0. The van der Waals surface area contributed by atoms with Crippen LogP contribution in [0.4, 0.5) is 0 Å². The van der Waals surface area contributed by atoms with Crippen LogP contribution in [0.25, 0.3) is 0 Å². The molecule has 0 spiro atoms. The predicted molar refractivity (Wildman–Crippen MR) is 98.6 cm³/mol. The molecule has 0 N–H and O–H groups in total. The fourth-order valence-corrected chi connectivity index (χ4v) is 2.74. The Morgan fingerprint density at radius 2 is 1.10 bits per heavy atom. The van der Waals surface area contributed by atoms with Crippen molar-refractivity contribution in [2.45, 2.75) is 110 Å². The van der Waals surface area contributed by atoms with Gasteiger partial charge in [0.25, 0.3) is 0 Å². The molecule has 0 saturated heterocycles. The molecule has 0 amide bonds. The second-order valence-corrected chi connectivity index (χ2v) is 6.83. The molecule has 0 heteroatoms. The second-order valence-electron chi connectivity index (χ2n) is 6.83. The lowest BCUT2D eigenvalue weighted by Gasteiger charge is -2.03. The standard InChI is InChI=1S/C21H41/c1-4-5-6-7-8-9-10-11-12-13-14-15-16-17-18-19-20-21(2)3/h11-12,21H,2,4-10,13-20H2,1,3H3/b12-11-. The molecule has 0 nitrogen and oxygen atoms in total. The Balaban J connectivity index is 3.05. The molecular weight excluding hydrogens is 252 g/mol. The van der Waals surface area contributed by atoms with Gasteiger partial charge in [-0.15, -0.1) is 0 Å². The maximum absolute atomic E-state index is 4.04. The third kappa shape index (κ3) is 19.7. The van der Waals surface area contributed by atoms with Crippen LogP contribution in [0.5, 0.6) is 0 Å². The quantitative estimate of drug-likeness (QED) is 0.200. The molecule has 1 unspecified atom stereocenters. The highest BCUT2D eigenvalue weighted by atomic mass is 14.0. The molecule has 125 valence electrons. The lowest BCUT2D eigenvalue weighted by Crippen LogP contribution is -1.87. The zero-order chi connectivity index (χ0) is 15.6. The van der Waals surface area contributed by atoms with Crippen molar-refractivity contribution in [2.24, 2.45) is 5.92 Å². The molecule has 0 fully saturated rings. The van der Waals surface area contributed by atoms with Crippen LogP contribution >= 0.6 is 0 Å². The van der Waals surface area contributed by atoms with Gasteiger partial charge < -0.3 is 0 Å². The van der Waals surface area contributed by atoms with Crippen molar-refractivity contribution in [2.75, 3.05) is 0 Å². The predicted octanol–water partition coefficient (Wildman–Crippen LogP) is 7.88. The fraction of sp³-hybridized carbons (Fsp3) is 0.857. The Morgan fingerprint density at radius 1 is 0.667 bits per heavy atom. The first-order chi connectivity index (χ1) is 10.3. The highest BCUT2D eigenvalue weighted by Gasteiger charge is 1.94. The number of allylic oxidation sites excluding steroid dienone is 2. The van der Waals surface area contributed by atoms with Gasteiger partial charge >= 0.3 is 0 Å². The summed E-state index contributed by atoms with van der Waals surface area (Å²) in [6.45, 7) is 8.54. The summed E-state index contributed by atoms with van der Waals surface area (Å²) in [6, 6.07) is 0. The van der Waals surface area contributed by atoms with Crippen molar-refractivity contribution in [3.8, 4) is 0 Å². The largest absolute Gasteiger partial charge is 0.0885 e. The molecule has 0 aromatic carbocycles. The Morgan fingerprint density at radius 3 is 1.57 bits per heavy atom. The van der Waals surface area contributed by atoms with Crippen molar-refractivity contribution >= 4 is 0 Å². The van der Waals surface area contributed by atoms with E-state index in [0.717, 1.165) is 0 Å². The molecule has 0 aliphatic carbocycles. The summed E-state index contributed by atoms with van der Waals surface area (Å²) in [6.07, 6.45) is 25.7. The van der Waals surface area contributed by atoms with Gasteiger partial charge in [-0.2, -0.15) is 0 Å². The topological polar surface area (TPSA) is 0 Å². The van der Waals surface area contributed by atoms with E-state index >= 15 is 0 Å². The van der Waals surface area contributed by atoms with Gasteiger partial charge in [0.2, 0.25) is 0 Å². The summed E-state index contributed by atoms with van der Waals surface area (Å²) >= 11 is 0. The van der Waals surface area contributed by atoms with Crippen molar-refractivity contribution in [3.05, 3.63) is 19.1 Å². The molecule has 0 aromatic rings. The highest BCUT2D eigenvalue weighted by Crippen LogP contribution is 2.12. The molecule has 1 atom stereocenters. The molecule has 0 aromatic heterocycles. The smallest absolute Gasteiger partial charge is 0.0351 e. The van der Waals surface area contributed by atoms with Gasteiger partial charge in [0, 0.05) is 0 Å². The molecule has 0 saturated carbocycles. The minimum absolute atomic E-state index is 0.641. The first-order valence-corrected chi connectivity index (χ1v) is 9.75. The maximum Gasteiger partial charge on any atom is -0.0351 e. The minimum atomic E-state index is 0.641. The van der Waals surface area contributed by atoms with E-state index in [2.05, 4.69) is 32.9 Å². The number of rotatable bonds is 16. The highest BCUT2D eigenvalue weighted by molar-refractivity contribution is 4.81. The third-order valence-corrected chi connectivity index (χ3v) is 4.21. The van der Waals surface area contributed by atoms with Gasteiger partial charge in [-0.3, -0.25) is 0 Å². The van der Waals surface area contributed by atoms with Crippen LogP contribution in [0.15, 0.2) is 12.2 Å². The maximum atomic E-state index is 4.04. The van der Waals surface area contributed by atoms with Crippen molar-refractivity contribution in [3.63, 3.8) is 0 Å². The molecule has 0 heterocycles. The van der Waals surface area contributed by atoms with Crippen molar-refractivity contribution in [1.82, 2.24) is 0 Å². The normalized spacial score (nSPS) is 11.8. The van der Waals surface area contributed by atoms with E-state index in [1.165, 1.54) is 96.3 Å². The molecule has 0 aliphatic rings. The molecule has 21 heavy (non-hydrogen) atoms. The van der Waals surface area contributed by atoms with Gasteiger partial charge in [0.15, 0.2) is 0 Å². The SMILES string of the molecule is [CH2]C(C)CCCCCCCC/C=C\CCCCCCCC. The minimum Gasteiger partial charge on any atom is -0.0885 e. The summed E-state index contributed by atoms with van der Waals surface area (Å²) in [4.78, 5) is 0. The average molecular weight is 294 g/mol. The first-order valence-electron chi connectivity index (χ1n) is 9.75.